The fourth-order valence-corrected chi connectivity index (χ4v) is 1.83. The first-order chi connectivity index (χ1) is 9.31. The van der Waals surface area contributed by atoms with Crippen molar-refractivity contribution < 1.29 is 9.90 Å². The van der Waals surface area contributed by atoms with Crippen molar-refractivity contribution in [3.8, 4) is 0 Å². The van der Waals surface area contributed by atoms with Crippen molar-refractivity contribution in [2.24, 2.45) is 0 Å². The van der Waals surface area contributed by atoms with Crippen LogP contribution in [0.1, 0.15) is 25.5 Å². The molecule has 0 amide bonds. The van der Waals surface area contributed by atoms with Gasteiger partial charge in [0.1, 0.15) is 12.1 Å². The zero-order valence-electron chi connectivity index (χ0n) is 11.9. The second-order valence-corrected chi connectivity index (χ2v) is 5.07. The summed E-state index contributed by atoms with van der Waals surface area (Å²) in [6, 6.07) is 1.68. The Balaban J connectivity index is 2.77. The number of aliphatic carboxylic acids is 1. The number of carbonyl (C=O) groups is 1. The monoisotopic (exact) mass is 279 g/mol. The number of hydrogen-bond acceptors (Lipinski definition) is 5. The molecular weight excluding hydrogens is 262 g/mol. The first-order valence-electron chi connectivity index (χ1n) is 6.21. The normalized spacial score (nSPS) is 11.2. The Bertz CT molecular complexity index is 714. The van der Waals surface area contributed by atoms with Crippen LogP contribution in [0, 0.1) is 0 Å². The third-order valence-corrected chi connectivity index (χ3v) is 2.86. The van der Waals surface area contributed by atoms with E-state index in [2.05, 4.69) is 10.2 Å². The number of carboxylic acid groups (broad SMARTS) is 1. The number of nitrogens with zero attached hydrogens (tertiary/aromatic N) is 5. The van der Waals surface area contributed by atoms with Gasteiger partial charge in [0.2, 0.25) is 5.95 Å². The van der Waals surface area contributed by atoms with Gasteiger partial charge in [-0.3, -0.25) is 9.59 Å². The second-order valence-electron chi connectivity index (χ2n) is 5.07. The van der Waals surface area contributed by atoms with Gasteiger partial charge in [-0.25, -0.2) is 4.68 Å². The molecule has 8 nitrogen and oxygen atoms in total. The Labute approximate surface area is 115 Å². The fraction of sp³-hybridized carbons (Fsp3) is 0.500. The van der Waals surface area contributed by atoms with E-state index < -0.39 is 18.1 Å². The molecule has 0 fully saturated rings. The lowest BCUT2D eigenvalue weighted by Gasteiger charge is -2.14. The van der Waals surface area contributed by atoms with Crippen molar-refractivity contribution in [1.29, 1.82) is 0 Å². The van der Waals surface area contributed by atoms with E-state index in [1.165, 1.54) is 4.52 Å². The van der Waals surface area contributed by atoms with Gasteiger partial charge in [0.15, 0.2) is 0 Å². The number of carboxylic acids is 1. The summed E-state index contributed by atoms with van der Waals surface area (Å²) in [6.07, 6.45) is 0. The van der Waals surface area contributed by atoms with Gasteiger partial charge in [0, 0.05) is 14.1 Å². The van der Waals surface area contributed by atoms with Crippen LogP contribution in [0.15, 0.2) is 10.9 Å². The summed E-state index contributed by atoms with van der Waals surface area (Å²) < 4.78 is 2.40. The van der Waals surface area contributed by atoms with Gasteiger partial charge in [-0.2, -0.15) is 9.61 Å². The number of rotatable bonds is 4. The molecule has 0 spiro atoms. The summed E-state index contributed by atoms with van der Waals surface area (Å²) in [4.78, 5) is 24.7. The Morgan fingerprint density at radius 3 is 2.55 bits per heavy atom. The SMILES string of the molecule is CC(C)c1cc2c(=O)n(CC(=O)O)nc(N(C)C)n2n1. The molecule has 2 rings (SSSR count). The molecule has 0 radical (unpaired) electrons. The van der Waals surface area contributed by atoms with Gasteiger partial charge >= 0.3 is 5.97 Å². The molecule has 0 saturated carbocycles. The van der Waals surface area contributed by atoms with Gasteiger partial charge in [0.25, 0.3) is 5.56 Å². The number of aromatic nitrogens is 4. The lowest BCUT2D eigenvalue weighted by atomic mass is 10.1. The molecule has 0 atom stereocenters. The lowest BCUT2D eigenvalue weighted by Crippen LogP contribution is -2.31. The van der Waals surface area contributed by atoms with E-state index >= 15 is 0 Å². The van der Waals surface area contributed by atoms with Gasteiger partial charge in [-0.05, 0) is 12.0 Å². The molecule has 108 valence electrons. The van der Waals surface area contributed by atoms with Gasteiger partial charge in [-0.1, -0.05) is 13.8 Å². The van der Waals surface area contributed by atoms with Crippen LogP contribution >= 0.6 is 0 Å². The molecule has 1 N–H and O–H groups in total. The maximum absolute atomic E-state index is 12.2. The minimum absolute atomic E-state index is 0.164. The van der Waals surface area contributed by atoms with Crippen LogP contribution in [-0.4, -0.2) is 44.6 Å². The Morgan fingerprint density at radius 2 is 2.05 bits per heavy atom. The van der Waals surface area contributed by atoms with E-state index in [4.69, 9.17) is 5.11 Å². The average Bonchev–Trinajstić information content (AvgIpc) is 2.77. The maximum Gasteiger partial charge on any atom is 0.325 e. The first-order valence-corrected chi connectivity index (χ1v) is 6.21. The van der Waals surface area contributed by atoms with Crippen molar-refractivity contribution in [1.82, 2.24) is 19.4 Å². The molecule has 0 aliphatic heterocycles. The molecule has 2 aromatic rings. The highest BCUT2D eigenvalue weighted by Gasteiger charge is 2.17. The molecule has 8 heteroatoms. The standard InChI is InChI=1S/C12H17N5O3/c1-7(2)8-5-9-11(20)16(6-10(18)19)14-12(15(3)4)17(9)13-8/h5,7H,6H2,1-4H3,(H,18,19). The second kappa shape index (κ2) is 4.95. The van der Waals surface area contributed by atoms with Crippen molar-refractivity contribution in [3.05, 3.63) is 22.1 Å². The van der Waals surface area contributed by atoms with Crippen molar-refractivity contribution in [3.63, 3.8) is 0 Å². The predicted molar refractivity (Wildman–Crippen MR) is 73.3 cm³/mol. The molecule has 20 heavy (non-hydrogen) atoms. The van der Waals surface area contributed by atoms with Crippen LogP contribution in [0.3, 0.4) is 0 Å². The summed E-state index contributed by atoms with van der Waals surface area (Å²) >= 11 is 0. The van der Waals surface area contributed by atoms with Crippen molar-refractivity contribution in [2.45, 2.75) is 26.3 Å². The summed E-state index contributed by atoms with van der Waals surface area (Å²) in [6.45, 7) is 3.47. The highest BCUT2D eigenvalue weighted by Crippen LogP contribution is 2.16. The summed E-state index contributed by atoms with van der Waals surface area (Å²) in [5, 5.41) is 17.3. The molecule has 0 saturated heterocycles. The summed E-state index contributed by atoms with van der Waals surface area (Å²) in [5.74, 6) is -0.540. The predicted octanol–water partition coefficient (Wildman–Crippen LogP) is 0.165. The molecule has 0 bridgehead atoms. The lowest BCUT2D eigenvalue weighted by molar-refractivity contribution is -0.137. The molecule has 0 aliphatic carbocycles. The van der Waals surface area contributed by atoms with Crippen LogP contribution in [0.4, 0.5) is 5.95 Å². The maximum atomic E-state index is 12.2. The molecule has 0 aromatic carbocycles. The van der Waals surface area contributed by atoms with Gasteiger partial charge in [-0.15, -0.1) is 5.10 Å². The third-order valence-electron chi connectivity index (χ3n) is 2.86. The largest absolute Gasteiger partial charge is 0.480 e. The quantitative estimate of drug-likeness (QED) is 0.857. The van der Waals surface area contributed by atoms with Crippen LogP contribution in [0.25, 0.3) is 5.52 Å². The molecule has 0 aliphatic rings. The summed E-state index contributed by atoms with van der Waals surface area (Å²) in [7, 11) is 3.52. The van der Waals surface area contributed by atoms with E-state index in [1.807, 2.05) is 13.8 Å². The van der Waals surface area contributed by atoms with Gasteiger partial charge in [0.05, 0.1) is 5.69 Å². The van der Waals surface area contributed by atoms with Gasteiger partial charge < -0.3 is 10.0 Å². The minimum Gasteiger partial charge on any atom is -0.480 e. The zero-order chi connectivity index (χ0) is 15.0. The average molecular weight is 279 g/mol. The highest BCUT2D eigenvalue weighted by atomic mass is 16.4. The number of fused-ring (bicyclic) bond motifs is 1. The molecule has 2 aromatic heterocycles. The Morgan fingerprint density at radius 1 is 1.40 bits per heavy atom. The smallest absolute Gasteiger partial charge is 0.325 e. The van der Waals surface area contributed by atoms with Crippen LogP contribution in [-0.2, 0) is 11.3 Å². The van der Waals surface area contributed by atoms with E-state index in [0.29, 0.717) is 11.5 Å². The summed E-state index contributed by atoms with van der Waals surface area (Å²) in [5.41, 5.74) is 0.631. The van der Waals surface area contributed by atoms with Crippen LogP contribution in [0.2, 0.25) is 0 Å². The van der Waals surface area contributed by atoms with E-state index in [1.54, 1.807) is 25.1 Å². The number of hydrogen-bond donors (Lipinski definition) is 1. The zero-order valence-corrected chi connectivity index (χ0v) is 11.9. The van der Waals surface area contributed by atoms with E-state index in [9.17, 15) is 9.59 Å². The first kappa shape index (κ1) is 14.0. The Hall–Kier alpha value is -2.38. The van der Waals surface area contributed by atoms with Crippen molar-refractivity contribution >= 4 is 17.4 Å². The molecular formula is C12H17N5O3. The van der Waals surface area contributed by atoms with E-state index in [-0.39, 0.29) is 5.92 Å². The van der Waals surface area contributed by atoms with Crippen LogP contribution < -0.4 is 10.5 Å². The highest BCUT2D eigenvalue weighted by molar-refractivity contribution is 5.66. The number of anilines is 1. The fourth-order valence-electron chi connectivity index (χ4n) is 1.83. The third kappa shape index (κ3) is 2.36. The minimum atomic E-state index is -1.11. The molecule has 2 heterocycles. The van der Waals surface area contributed by atoms with E-state index in [0.717, 1.165) is 10.4 Å². The van der Waals surface area contributed by atoms with Crippen molar-refractivity contribution in [2.75, 3.05) is 19.0 Å². The Kier molecular flexibility index (Phi) is 3.47. The topological polar surface area (TPSA) is 92.7 Å². The molecule has 0 unspecified atom stereocenters. The van der Waals surface area contributed by atoms with Crippen LogP contribution in [0.5, 0.6) is 0 Å².